The van der Waals surface area contributed by atoms with Crippen LogP contribution in [-0.2, 0) is 13.0 Å². The summed E-state index contributed by atoms with van der Waals surface area (Å²) in [6.07, 6.45) is -0.164. The average Bonchev–Trinajstić information content (AvgIpc) is 3.19. The predicted molar refractivity (Wildman–Crippen MR) is 88.2 cm³/mol. The van der Waals surface area contributed by atoms with Crippen LogP contribution in [-0.4, -0.2) is 16.5 Å². The second-order valence-electron chi connectivity index (χ2n) is 5.53. The summed E-state index contributed by atoms with van der Waals surface area (Å²) in [7, 11) is 0. The molecule has 3 heterocycles. The normalized spacial score (nSPS) is 14.2. The zero-order valence-electron chi connectivity index (χ0n) is 12.6. The van der Waals surface area contributed by atoms with E-state index < -0.39 is 6.43 Å². The SMILES string of the molecule is Nc1nc2c(s1)CN(c1ncc(-c3cccc(C(F)F)c3)o1)CC2. The number of halogens is 2. The van der Waals surface area contributed by atoms with Gasteiger partial charge in [-0.25, -0.2) is 18.7 Å². The molecule has 0 radical (unpaired) electrons. The van der Waals surface area contributed by atoms with E-state index in [1.54, 1.807) is 18.3 Å². The number of nitrogens with two attached hydrogens (primary N) is 1. The number of hydrogen-bond donors (Lipinski definition) is 1. The molecule has 5 nitrogen and oxygen atoms in total. The van der Waals surface area contributed by atoms with Crippen molar-refractivity contribution in [2.45, 2.75) is 19.4 Å². The molecule has 0 saturated carbocycles. The van der Waals surface area contributed by atoms with Gasteiger partial charge in [0, 0.05) is 29.0 Å². The molecule has 0 amide bonds. The largest absolute Gasteiger partial charge is 0.423 e. The molecule has 1 aliphatic rings. The summed E-state index contributed by atoms with van der Waals surface area (Å²) in [5, 5.41) is 0.568. The minimum absolute atomic E-state index is 0.0341. The molecule has 1 aromatic carbocycles. The first-order valence-electron chi connectivity index (χ1n) is 7.43. The van der Waals surface area contributed by atoms with Crippen LogP contribution in [0.25, 0.3) is 11.3 Å². The van der Waals surface area contributed by atoms with Crippen LogP contribution in [0.3, 0.4) is 0 Å². The van der Waals surface area contributed by atoms with E-state index in [1.165, 1.54) is 23.5 Å². The molecule has 0 unspecified atom stereocenters. The van der Waals surface area contributed by atoms with Gasteiger partial charge in [-0.3, -0.25) is 0 Å². The number of nitrogens with zero attached hydrogens (tertiary/aromatic N) is 3. The molecule has 2 N–H and O–H groups in total. The van der Waals surface area contributed by atoms with E-state index in [9.17, 15) is 8.78 Å². The van der Waals surface area contributed by atoms with E-state index in [-0.39, 0.29) is 5.56 Å². The van der Waals surface area contributed by atoms with E-state index >= 15 is 0 Å². The van der Waals surface area contributed by atoms with Crippen molar-refractivity contribution in [3.8, 4) is 11.3 Å². The average molecular weight is 348 g/mol. The van der Waals surface area contributed by atoms with Gasteiger partial charge in [-0.2, -0.15) is 0 Å². The van der Waals surface area contributed by atoms with Crippen LogP contribution in [0.5, 0.6) is 0 Å². The Morgan fingerprint density at radius 3 is 3.04 bits per heavy atom. The topological polar surface area (TPSA) is 68.2 Å². The van der Waals surface area contributed by atoms with Crippen LogP contribution in [0.1, 0.15) is 22.6 Å². The summed E-state index contributed by atoms with van der Waals surface area (Å²) in [6.45, 7) is 1.37. The molecule has 0 fully saturated rings. The molecule has 0 spiro atoms. The Balaban J connectivity index is 1.58. The van der Waals surface area contributed by atoms with Crippen molar-refractivity contribution in [2.75, 3.05) is 17.2 Å². The van der Waals surface area contributed by atoms with Crippen molar-refractivity contribution in [1.29, 1.82) is 0 Å². The number of oxazole rings is 1. The molecule has 0 atom stereocenters. The summed E-state index contributed by atoms with van der Waals surface area (Å²) in [6, 6.07) is 6.62. The van der Waals surface area contributed by atoms with E-state index in [2.05, 4.69) is 9.97 Å². The van der Waals surface area contributed by atoms with Crippen LogP contribution >= 0.6 is 11.3 Å². The van der Waals surface area contributed by atoms with Gasteiger partial charge < -0.3 is 15.1 Å². The van der Waals surface area contributed by atoms with Gasteiger partial charge >= 0.3 is 0 Å². The highest BCUT2D eigenvalue weighted by Crippen LogP contribution is 2.32. The van der Waals surface area contributed by atoms with Gasteiger partial charge in [0.2, 0.25) is 0 Å². The molecule has 1 aliphatic heterocycles. The first kappa shape index (κ1) is 15.1. The number of alkyl halides is 2. The summed E-state index contributed by atoms with van der Waals surface area (Å²) >= 11 is 1.47. The lowest BCUT2D eigenvalue weighted by atomic mass is 10.1. The van der Waals surface area contributed by atoms with Crippen molar-refractivity contribution in [1.82, 2.24) is 9.97 Å². The maximum absolute atomic E-state index is 12.8. The van der Waals surface area contributed by atoms with Crippen LogP contribution in [0.15, 0.2) is 34.9 Å². The Morgan fingerprint density at radius 2 is 2.21 bits per heavy atom. The molecule has 4 rings (SSSR count). The fourth-order valence-corrected chi connectivity index (χ4v) is 3.65. The molecule has 3 aromatic rings. The second kappa shape index (κ2) is 5.86. The summed E-state index contributed by atoms with van der Waals surface area (Å²) in [4.78, 5) is 11.7. The van der Waals surface area contributed by atoms with Crippen molar-refractivity contribution >= 4 is 22.5 Å². The number of rotatable bonds is 3. The van der Waals surface area contributed by atoms with Gasteiger partial charge in [0.1, 0.15) is 0 Å². The fraction of sp³-hybridized carbons (Fsp3) is 0.250. The van der Waals surface area contributed by atoms with Crippen LogP contribution in [0, 0.1) is 0 Å². The molecule has 124 valence electrons. The molecule has 0 saturated heterocycles. The third kappa shape index (κ3) is 2.73. The van der Waals surface area contributed by atoms with Crippen molar-refractivity contribution in [3.63, 3.8) is 0 Å². The number of benzene rings is 1. The zero-order valence-corrected chi connectivity index (χ0v) is 13.4. The Morgan fingerprint density at radius 1 is 1.33 bits per heavy atom. The standard InChI is InChI=1S/C16H14F2N4OS/c17-14(18)10-3-1-2-9(6-10)12-7-20-16(23-12)22-5-4-11-13(8-22)24-15(19)21-11/h1-3,6-7,14H,4-5,8H2,(H2,19,21). The van der Waals surface area contributed by atoms with Crippen molar-refractivity contribution < 1.29 is 13.2 Å². The van der Waals surface area contributed by atoms with Gasteiger partial charge in [-0.1, -0.05) is 18.2 Å². The quantitative estimate of drug-likeness (QED) is 0.778. The van der Waals surface area contributed by atoms with Crippen molar-refractivity contribution in [3.05, 3.63) is 46.6 Å². The minimum atomic E-state index is -2.51. The highest BCUT2D eigenvalue weighted by Gasteiger charge is 2.23. The number of thiazole rings is 1. The number of fused-ring (bicyclic) bond motifs is 1. The molecule has 24 heavy (non-hydrogen) atoms. The number of aromatic nitrogens is 2. The lowest BCUT2D eigenvalue weighted by Gasteiger charge is -2.24. The third-order valence-electron chi connectivity index (χ3n) is 3.93. The Bertz CT molecular complexity index is 877. The number of anilines is 2. The first-order chi connectivity index (χ1) is 11.6. The minimum Gasteiger partial charge on any atom is -0.423 e. The van der Waals surface area contributed by atoms with Gasteiger partial charge in [0.05, 0.1) is 18.4 Å². The molecule has 0 aliphatic carbocycles. The van der Waals surface area contributed by atoms with Crippen LogP contribution < -0.4 is 10.6 Å². The molecule has 2 aromatic heterocycles. The predicted octanol–water partition coefficient (Wildman–Crippen LogP) is 3.88. The van der Waals surface area contributed by atoms with E-state index in [0.717, 1.165) is 23.5 Å². The zero-order chi connectivity index (χ0) is 16.7. The van der Waals surface area contributed by atoms with Gasteiger partial charge in [0.15, 0.2) is 10.9 Å². The molecular formula is C16H14F2N4OS. The smallest absolute Gasteiger partial charge is 0.298 e. The summed E-state index contributed by atoms with van der Waals surface area (Å²) in [5.74, 6) is 0.474. The summed E-state index contributed by atoms with van der Waals surface area (Å²) < 4.78 is 31.5. The second-order valence-corrected chi connectivity index (χ2v) is 6.64. The third-order valence-corrected chi connectivity index (χ3v) is 4.85. The Labute approximate surface area is 140 Å². The Hall–Kier alpha value is -2.48. The summed E-state index contributed by atoms with van der Waals surface area (Å²) in [5.41, 5.74) is 7.34. The van der Waals surface area contributed by atoms with Gasteiger partial charge in [0.25, 0.3) is 12.4 Å². The fourth-order valence-electron chi connectivity index (χ4n) is 2.75. The highest BCUT2D eigenvalue weighted by molar-refractivity contribution is 7.15. The maximum atomic E-state index is 12.8. The van der Waals surface area contributed by atoms with Crippen LogP contribution in [0.4, 0.5) is 19.9 Å². The maximum Gasteiger partial charge on any atom is 0.298 e. The Kier molecular flexibility index (Phi) is 3.68. The lowest BCUT2D eigenvalue weighted by Crippen LogP contribution is -2.29. The highest BCUT2D eigenvalue weighted by atomic mass is 32.1. The van der Waals surface area contributed by atoms with Gasteiger partial charge in [-0.15, -0.1) is 11.3 Å². The van der Waals surface area contributed by atoms with E-state index in [4.69, 9.17) is 10.2 Å². The van der Waals surface area contributed by atoms with Crippen molar-refractivity contribution in [2.24, 2.45) is 0 Å². The first-order valence-corrected chi connectivity index (χ1v) is 8.25. The van der Waals surface area contributed by atoms with E-state index in [1.807, 2.05) is 4.90 Å². The molecule has 8 heteroatoms. The van der Waals surface area contributed by atoms with Gasteiger partial charge in [-0.05, 0) is 6.07 Å². The van der Waals surface area contributed by atoms with Crippen LogP contribution in [0.2, 0.25) is 0 Å². The monoisotopic (exact) mass is 348 g/mol. The number of hydrogen-bond acceptors (Lipinski definition) is 6. The van der Waals surface area contributed by atoms with E-state index in [0.29, 0.717) is 29.0 Å². The lowest BCUT2D eigenvalue weighted by molar-refractivity contribution is 0.151. The molecule has 0 bridgehead atoms. The molecular weight excluding hydrogens is 334 g/mol. The number of nitrogen functional groups attached to an aromatic ring is 1.